The van der Waals surface area contributed by atoms with E-state index in [1.54, 1.807) is 18.2 Å². The lowest BCUT2D eigenvalue weighted by molar-refractivity contribution is -0.143. The topological polar surface area (TPSA) is 121 Å². The number of hydrogen-bond acceptors (Lipinski definition) is 7. The number of nitriles is 1. The molecule has 0 spiro atoms. The van der Waals surface area contributed by atoms with Crippen LogP contribution < -0.4 is 19.5 Å². The van der Waals surface area contributed by atoms with Crippen molar-refractivity contribution in [1.29, 1.82) is 5.26 Å². The predicted octanol–water partition coefficient (Wildman–Crippen LogP) is 3.70. The molecule has 0 bridgehead atoms. The van der Waals surface area contributed by atoms with Gasteiger partial charge in [-0.3, -0.25) is 4.79 Å². The van der Waals surface area contributed by atoms with Crippen LogP contribution in [0.1, 0.15) is 31.4 Å². The number of aliphatic hydroxyl groups is 1. The van der Waals surface area contributed by atoms with Crippen molar-refractivity contribution < 1.29 is 29.2 Å². The Balaban J connectivity index is 1.28. The summed E-state index contributed by atoms with van der Waals surface area (Å²) in [4.78, 5) is 11.4. The third kappa shape index (κ3) is 5.88. The maximum absolute atomic E-state index is 11.4. The summed E-state index contributed by atoms with van der Waals surface area (Å²) in [5.41, 5.74) is 0.993. The van der Waals surface area contributed by atoms with E-state index >= 15 is 0 Å². The van der Waals surface area contributed by atoms with Crippen LogP contribution in [0.2, 0.25) is 0 Å². The van der Waals surface area contributed by atoms with Crippen LogP contribution in [0, 0.1) is 16.7 Å². The number of ether oxygens (including phenoxy) is 3. The second kappa shape index (κ2) is 10.4. The number of hydrogen-bond donors (Lipinski definition) is 3. The number of carbonyl (C=O) groups is 1. The zero-order chi connectivity index (χ0) is 25.8. The van der Waals surface area contributed by atoms with E-state index in [2.05, 4.69) is 19.2 Å². The smallest absolute Gasteiger partial charge is 0.328 e. The number of carboxylic acid groups (broad SMARTS) is 1. The molecule has 2 aliphatic rings. The molecular formula is C28H30N2O6. The summed E-state index contributed by atoms with van der Waals surface area (Å²) < 4.78 is 16.6. The third-order valence-electron chi connectivity index (χ3n) is 6.28. The summed E-state index contributed by atoms with van der Waals surface area (Å²) in [6.07, 6.45) is 4.96. The first kappa shape index (κ1) is 25.3. The van der Waals surface area contributed by atoms with E-state index in [1.165, 1.54) is 6.08 Å². The maximum atomic E-state index is 11.4. The molecule has 0 amide bonds. The number of nitrogens with one attached hydrogen (secondary N) is 1. The molecule has 1 unspecified atom stereocenters. The van der Waals surface area contributed by atoms with Crippen molar-refractivity contribution in [2.75, 3.05) is 19.9 Å². The van der Waals surface area contributed by atoms with E-state index in [0.29, 0.717) is 12.3 Å². The number of aliphatic carboxylic acids is 1. The second-order valence-electron chi connectivity index (χ2n) is 9.71. The van der Waals surface area contributed by atoms with Crippen LogP contribution in [0.4, 0.5) is 0 Å². The molecule has 8 nitrogen and oxygen atoms in total. The summed E-state index contributed by atoms with van der Waals surface area (Å²) in [6, 6.07) is 15.2. The molecule has 3 N–H and O–H groups in total. The summed E-state index contributed by atoms with van der Waals surface area (Å²) >= 11 is 0. The molecule has 188 valence electrons. The molecule has 0 aromatic heterocycles. The van der Waals surface area contributed by atoms with Crippen molar-refractivity contribution in [3.8, 4) is 23.3 Å². The number of allylic oxidation sites excluding steroid dienone is 3. The molecule has 0 saturated carbocycles. The van der Waals surface area contributed by atoms with Crippen LogP contribution >= 0.6 is 0 Å². The van der Waals surface area contributed by atoms with Crippen molar-refractivity contribution in [3.05, 3.63) is 71.8 Å². The fraction of sp³-hybridized carbons (Fsp3) is 0.357. The van der Waals surface area contributed by atoms with E-state index in [9.17, 15) is 20.3 Å². The van der Waals surface area contributed by atoms with E-state index < -0.39 is 17.5 Å². The number of fused-ring (bicyclic) bond motifs is 1. The minimum absolute atomic E-state index is 0.0994. The van der Waals surface area contributed by atoms with E-state index in [4.69, 9.17) is 14.2 Å². The van der Waals surface area contributed by atoms with Gasteiger partial charge < -0.3 is 29.7 Å². The van der Waals surface area contributed by atoms with Crippen molar-refractivity contribution in [3.63, 3.8) is 0 Å². The molecule has 0 radical (unpaired) electrons. The number of aliphatic hydroxyl groups excluding tert-OH is 1. The highest BCUT2D eigenvalue weighted by atomic mass is 16.7. The van der Waals surface area contributed by atoms with Gasteiger partial charge in [-0.2, -0.15) is 5.26 Å². The Kier molecular flexibility index (Phi) is 7.34. The largest absolute Gasteiger partial charge is 0.491 e. The minimum atomic E-state index is -1.52. The molecule has 1 aliphatic carbocycles. The Bertz CT molecular complexity index is 1230. The maximum Gasteiger partial charge on any atom is 0.328 e. The highest BCUT2D eigenvalue weighted by Crippen LogP contribution is 2.34. The Morgan fingerprint density at radius 2 is 2.06 bits per heavy atom. The van der Waals surface area contributed by atoms with Crippen molar-refractivity contribution >= 4 is 11.5 Å². The summed E-state index contributed by atoms with van der Waals surface area (Å²) in [5.74, 6) is 0.948. The van der Waals surface area contributed by atoms with Gasteiger partial charge in [-0.1, -0.05) is 36.4 Å². The molecule has 0 saturated heterocycles. The average molecular weight is 491 g/mol. The normalized spacial score (nSPS) is 19.3. The van der Waals surface area contributed by atoms with Crippen LogP contribution in [0.5, 0.6) is 17.2 Å². The SMILES string of the molecule is CC(C)(Cc1ccc2c(c1)OCO2)NC[C@@H](O)COc1cccc(C2=CCC(C#N)(C(=O)O)C=C2)c1. The zero-order valence-corrected chi connectivity index (χ0v) is 20.4. The van der Waals surface area contributed by atoms with Gasteiger partial charge in [-0.15, -0.1) is 0 Å². The molecule has 36 heavy (non-hydrogen) atoms. The summed E-state index contributed by atoms with van der Waals surface area (Å²) in [6.45, 7) is 4.87. The van der Waals surface area contributed by atoms with Gasteiger partial charge in [0.05, 0.1) is 6.07 Å². The molecule has 4 rings (SSSR count). The number of benzene rings is 2. The predicted molar refractivity (Wildman–Crippen MR) is 134 cm³/mol. The molecule has 2 atom stereocenters. The summed E-state index contributed by atoms with van der Waals surface area (Å²) in [5, 5.41) is 32.5. The Labute approximate surface area is 210 Å². The lowest BCUT2D eigenvalue weighted by Gasteiger charge is -2.28. The standard InChI is InChI=1S/C28H30N2O6/c1-27(2,14-19-6-7-24-25(12-19)36-18-35-24)30-15-22(31)16-34-23-5-3-4-21(13-23)20-8-10-28(17-29,11-9-20)26(32)33/h3-10,12-13,22,30-31H,11,14-16,18H2,1-2H3,(H,32,33)/t22-,28?/m1/s1. The Hall–Kier alpha value is -3.80. The molecule has 1 aliphatic heterocycles. The molecule has 1 heterocycles. The number of rotatable bonds is 10. The van der Waals surface area contributed by atoms with Gasteiger partial charge in [0.15, 0.2) is 16.9 Å². The lowest BCUT2D eigenvalue weighted by Crippen LogP contribution is -2.46. The summed E-state index contributed by atoms with van der Waals surface area (Å²) in [7, 11) is 0. The Morgan fingerprint density at radius 3 is 2.78 bits per heavy atom. The van der Waals surface area contributed by atoms with Gasteiger partial charge in [0.2, 0.25) is 6.79 Å². The molecule has 8 heteroatoms. The molecule has 2 aromatic carbocycles. The lowest BCUT2D eigenvalue weighted by atomic mass is 9.80. The highest BCUT2D eigenvalue weighted by molar-refractivity contribution is 5.85. The number of nitrogens with zero attached hydrogens (tertiary/aromatic N) is 1. The first-order valence-corrected chi connectivity index (χ1v) is 11.8. The van der Waals surface area contributed by atoms with Crippen LogP contribution in [0.3, 0.4) is 0 Å². The van der Waals surface area contributed by atoms with E-state index in [-0.39, 0.29) is 25.4 Å². The van der Waals surface area contributed by atoms with Gasteiger partial charge in [0, 0.05) is 12.1 Å². The number of β-amino-alcohol motifs (C(OH)–C–C–N with tert-alkyl or cyclic N) is 1. The zero-order valence-electron chi connectivity index (χ0n) is 20.4. The van der Waals surface area contributed by atoms with Crippen LogP contribution in [-0.4, -0.2) is 47.8 Å². The first-order chi connectivity index (χ1) is 17.2. The Morgan fingerprint density at radius 1 is 1.25 bits per heavy atom. The molecule has 2 aromatic rings. The fourth-order valence-electron chi connectivity index (χ4n) is 4.18. The van der Waals surface area contributed by atoms with Crippen molar-refractivity contribution in [1.82, 2.24) is 5.32 Å². The third-order valence-corrected chi connectivity index (χ3v) is 6.28. The van der Waals surface area contributed by atoms with Gasteiger partial charge in [0.25, 0.3) is 0 Å². The monoisotopic (exact) mass is 490 g/mol. The van der Waals surface area contributed by atoms with Crippen LogP contribution in [0.15, 0.2) is 60.7 Å². The quantitative estimate of drug-likeness (QED) is 0.461. The minimum Gasteiger partial charge on any atom is -0.491 e. The molecule has 0 fully saturated rings. The van der Waals surface area contributed by atoms with E-state index in [1.807, 2.05) is 42.5 Å². The number of carboxylic acids is 1. The van der Waals surface area contributed by atoms with Gasteiger partial charge in [-0.05, 0) is 67.7 Å². The van der Waals surface area contributed by atoms with Crippen molar-refractivity contribution in [2.24, 2.45) is 5.41 Å². The molecular weight excluding hydrogens is 460 g/mol. The second-order valence-corrected chi connectivity index (χ2v) is 9.71. The van der Waals surface area contributed by atoms with Gasteiger partial charge in [-0.25, -0.2) is 0 Å². The average Bonchev–Trinajstić information content (AvgIpc) is 3.34. The van der Waals surface area contributed by atoms with Gasteiger partial charge >= 0.3 is 5.97 Å². The highest BCUT2D eigenvalue weighted by Gasteiger charge is 2.36. The van der Waals surface area contributed by atoms with Crippen LogP contribution in [-0.2, 0) is 11.2 Å². The van der Waals surface area contributed by atoms with Crippen LogP contribution in [0.25, 0.3) is 5.57 Å². The van der Waals surface area contributed by atoms with E-state index in [0.717, 1.165) is 34.6 Å². The van der Waals surface area contributed by atoms with Crippen molar-refractivity contribution in [2.45, 2.75) is 38.3 Å². The first-order valence-electron chi connectivity index (χ1n) is 11.8. The van der Waals surface area contributed by atoms with Gasteiger partial charge in [0.1, 0.15) is 18.5 Å². The fourth-order valence-corrected chi connectivity index (χ4v) is 4.18.